The van der Waals surface area contributed by atoms with Crippen molar-refractivity contribution in [2.75, 3.05) is 26.8 Å². The first kappa shape index (κ1) is 13.6. The molecule has 0 spiro atoms. The number of hydrogen-bond donors (Lipinski definition) is 1. The third-order valence-corrected chi connectivity index (χ3v) is 3.61. The quantitative estimate of drug-likeness (QED) is 0.840. The van der Waals surface area contributed by atoms with Gasteiger partial charge in [0.1, 0.15) is 5.76 Å². The first-order chi connectivity index (χ1) is 8.81. The zero-order chi connectivity index (χ0) is 12.8. The van der Waals surface area contributed by atoms with E-state index >= 15 is 0 Å². The molecule has 0 saturated carbocycles. The van der Waals surface area contributed by atoms with Crippen molar-refractivity contribution in [2.45, 2.75) is 38.9 Å². The van der Waals surface area contributed by atoms with Crippen LogP contribution in [0.15, 0.2) is 16.7 Å². The lowest BCUT2D eigenvalue weighted by Crippen LogP contribution is -2.36. The third-order valence-electron chi connectivity index (χ3n) is 3.61. The van der Waals surface area contributed by atoms with Gasteiger partial charge in [-0.05, 0) is 32.5 Å². The van der Waals surface area contributed by atoms with Gasteiger partial charge in [0.2, 0.25) is 0 Å². The van der Waals surface area contributed by atoms with E-state index in [9.17, 15) is 0 Å². The number of nitrogens with zero attached hydrogens (tertiary/aromatic N) is 1. The number of nitrogens with one attached hydrogen (secondary N) is 1. The van der Waals surface area contributed by atoms with E-state index in [1.807, 2.05) is 0 Å². The highest BCUT2D eigenvalue weighted by Crippen LogP contribution is 2.18. The molecule has 2 rings (SSSR count). The van der Waals surface area contributed by atoms with E-state index in [0.717, 1.165) is 51.4 Å². The zero-order valence-electron chi connectivity index (χ0n) is 11.4. The highest BCUT2D eigenvalue weighted by Gasteiger charge is 2.19. The number of furan rings is 1. The SMILES string of the molecule is CCNCc1occc1CN(C)C1CCOCC1. The van der Waals surface area contributed by atoms with E-state index in [4.69, 9.17) is 9.15 Å². The molecule has 18 heavy (non-hydrogen) atoms. The molecule has 0 radical (unpaired) electrons. The monoisotopic (exact) mass is 252 g/mol. The van der Waals surface area contributed by atoms with Crippen LogP contribution < -0.4 is 5.32 Å². The van der Waals surface area contributed by atoms with Gasteiger partial charge in [0.25, 0.3) is 0 Å². The standard InChI is InChI=1S/C14H24N2O2/c1-3-15-10-14-12(4-9-18-14)11-16(2)13-5-7-17-8-6-13/h4,9,13,15H,3,5-8,10-11H2,1-2H3. The number of hydrogen-bond acceptors (Lipinski definition) is 4. The third kappa shape index (κ3) is 3.57. The van der Waals surface area contributed by atoms with Crippen molar-refractivity contribution in [3.63, 3.8) is 0 Å². The normalized spacial score (nSPS) is 17.5. The van der Waals surface area contributed by atoms with Crippen molar-refractivity contribution in [1.82, 2.24) is 10.2 Å². The van der Waals surface area contributed by atoms with Gasteiger partial charge in [-0.3, -0.25) is 4.90 Å². The van der Waals surface area contributed by atoms with Crippen LogP contribution in [0.1, 0.15) is 31.1 Å². The molecule has 0 bridgehead atoms. The molecular weight excluding hydrogens is 228 g/mol. The number of rotatable bonds is 6. The van der Waals surface area contributed by atoms with Crippen LogP contribution in [0, 0.1) is 0 Å². The average molecular weight is 252 g/mol. The highest BCUT2D eigenvalue weighted by atomic mass is 16.5. The van der Waals surface area contributed by atoms with Crippen molar-refractivity contribution in [2.24, 2.45) is 0 Å². The molecule has 1 saturated heterocycles. The molecule has 1 aliphatic rings. The van der Waals surface area contributed by atoms with E-state index in [-0.39, 0.29) is 0 Å². The molecular formula is C14H24N2O2. The maximum Gasteiger partial charge on any atom is 0.122 e. The van der Waals surface area contributed by atoms with Gasteiger partial charge in [0.15, 0.2) is 0 Å². The van der Waals surface area contributed by atoms with Crippen LogP contribution in [0.2, 0.25) is 0 Å². The minimum Gasteiger partial charge on any atom is -0.468 e. The van der Waals surface area contributed by atoms with Gasteiger partial charge in [0.05, 0.1) is 12.8 Å². The highest BCUT2D eigenvalue weighted by molar-refractivity contribution is 5.17. The van der Waals surface area contributed by atoms with Gasteiger partial charge in [0, 0.05) is 31.4 Å². The Morgan fingerprint density at radius 2 is 2.17 bits per heavy atom. The molecule has 1 aromatic heterocycles. The predicted molar refractivity (Wildman–Crippen MR) is 71.4 cm³/mol. The van der Waals surface area contributed by atoms with Crippen LogP contribution in [0.25, 0.3) is 0 Å². The molecule has 2 heterocycles. The molecule has 1 aliphatic heterocycles. The Hall–Kier alpha value is -0.840. The predicted octanol–water partition coefficient (Wildman–Crippen LogP) is 2.00. The summed E-state index contributed by atoms with van der Waals surface area (Å²) in [5, 5.41) is 3.31. The van der Waals surface area contributed by atoms with Gasteiger partial charge in [-0.15, -0.1) is 0 Å². The lowest BCUT2D eigenvalue weighted by Gasteiger charge is -2.31. The Morgan fingerprint density at radius 1 is 1.39 bits per heavy atom. The molecule has 0 aliphatic carbocycles. The van der Waals surface area contributed by atoms with Gasteiger partial charge in [-0.2, -0.15) is 0 Å². The van der Waals surface area contributed by atoms with Crippen LogP contribution in [-0.4, -0.2) is 37.7 Å². The Bertz CT molecular complexity index is 345. The average Bonchev–Trinajstić information content (AvgIpc) is 2.84. The van der Waals surface area contributed by atoms with Crippen LogP contribution in [-0.2, 0) is 17.8 Å². The maximum absolute atomic E-state index is 5.54. The van der Waals surface area contributed by atoms with Gasteiger partial charge in [-0.25, -0.2) is 0 Å². The van der Waals surface area contributed by atoms with E-state index in [2.05, 4.69) is 30.3 Å². The molecule has 1 fully saturated rings. The summed E-state index contributed by atoms with van der Waals surface area (Å²) in [5.41, 5.74) is 1.30. The molecule has 1 N–H and O–H groups in total. The summed E-state index contributed by atoms with van der Waals surface area (Å²) < 4.78 is 10.9. The van der Waals surface area contributed by atoms with Crippen LogP contribution >= 0.6 is 0 Å². The topological polar surface area (TPSA) is 37.6 Å². The number of ether oxygens (including phenoxy) is 1. The lowest BCUT2D eigenvalue weighted by molar-refractivity contribution is 0.0405. The zero-order valence-corrected chi connectivity index (χ0v) is 11.4. The lowest BCUT2D eigenvalue weighted by atomic mass is 10.1. The van der Waals surface area contributed by atoms with Crippen LogP contribution in [0.3, 0.4) is 0 Å². The Balaban J connectivity index is 1.89. The van der Waals surface area contributed by atoms with Crippen LogP contribution in [0.5, 0.6) is 0 Å². The summed E-state index contributed by atoms with van der Waals surface area (Å²) in [7, 11) is 2.19. The van der Waals surface area contributed by atoms with Crippen molar-refractivity contribution in [3.8, 4) is 0 Å². The fraction of sp³-hybridized carbons (Fsp3) is 0.714. The molecule has 4 heteroatoms. The van der Waals surface area contributed by atoms with Crippen molar-refractivity contribution < 1.29 is 9.15 Å². The Morgan fingerprint density at radius 3 is 2.89 bits per heavy atom. The largest absolute Gasteiger partial charge is 0.468 e. The minimum atomic E-state index is 0.639. The van der Waals surface area contributed by atoms with Gasteiger partial charge >= 0.3 is 0 Å². The van der Waals surface area contributed by atoms with Crippen LogP contribution in [0.4, 0.5) is 0 Å². The summed E-state index contributed by atoms with van der Waals surface area (Å²) in [6.07, 6.45) is 4.06. The minimum absolute atomic E-state index is 0.639. The summed E-state index contributed by atoms with van der Waals surface area (Å²) in [6, 6.07) is 2.73. The molecule has 0 amide bonds. The maximum atomic E-state index is 5.54. The molecule has 0 atom stereocenters. The van der Waals surface area contributed by atoms with Crippen molar-refractivity contribution in [1.29, 1.82) is 0 Å². The summed E-state index contributed by atoms with van der Waals surface area (Å²) in [5.74, 6) is 1.07. The summed E-state index contributed by atoms with van der Waals surface area (Å²) in [6.45, 7) is 6.64. The van der Waals surface area contributed by atoms with E-state index in [0.29, 0.717) is 6.04 Å². The molecule has 0 unspecified atom stereocenters. The van der Waals surface area contributed by atoms with E-state index in [1.54, 1.807) is 6.26 Å². The molecule has 102 valence electrons. The van der Waals surface area contributed by atoms with Gasteiger partial charge < -0.3 is 14.5 Å². The fourth-order valence-electron chi connectivity index (χ4n) is 2.43. The first-order valence-electron chi connectivity index (χ1n) is 6.85. The van der Waals surface area contributed by atoms with Gasteiger partial charge in [-0.1, -0.05) is 6.92 Å². The second-order valence-electron chi connectivity index (χ2n) is 4.91. The van der Waals surface area contributed by atoms with E-state index < -0.39 is 0 Å². The van der Waals surface area contributed by atoms with Crippen molar-refractivity contribution in [3.05, 3.63) is 23.7 Å². The molecule has 1 aromatic rings. The second-order valence-corrected chi connectivity index (χ2v) is 4.91. The summed E-state index contributed by atoms with van der Waals surface area (Å²) >= 11 is 0. The smallest absolute Gasteiger partial charge is 0.122 e. The molecule has 0 aromatic carbocycles. The molecule has 4 nitrogen and oxygen atoms in total. The first-order valence-corrected chi connectivity index (χ1v) is 6.85. The Labute approximate surface area is 109 Å². The second kappa shape index (κ2) is 6.92. The summed E-state index contributed by atoms with van der Waals surface area (Å²) in [4.78, 5) is 2.42. The van der Waals surface area contributed by atoms with Crippen molar-refractivity contribution >= 4 is 0 Å². The van der Waals surface area contributed by atoms with E-state index in [1.165, 1.54) is 5.56 Å². The fourth-order valence-corrected chi connectivity index (χ4v) is 2.43. The Kier molecular flexibility index (Phi) is 5.23.